The largest absolute Gasteiger partial charge is 0.508 e. The maximum atomic E-state index is 11.1. The van der Waals surface area contributed by atoms with Crippen LogP contribution in [0.3, 0.4) is 0 Å². The Kier molecular flexibility index (Phi) is 8.85. The fourth-order valence-electron chi connectivity index (χ4n) is 3.81. The molecule has 0 saturated heterocycles. The topological polar surface area (TPSA) is 49.8 Å². The van der Waals surface area contributed by atoms with Crippen molar-refractivity contribution in [3.05, 3.63) is 95.6 Å². The Morgan fingerprint density at radius 3 is 2.03 bits per heavy atom. The summed E-state index contributed by atoms with van der Waals surface area (Å²) in [5.74, 6) is 1.28. The van der Waals surface area contributed by atoms with Crippen LogP contribution in [0.2, 0.25) is 0 Å². The van der Waals surface area contributed by atoms with Crippen LogP contribution in [0, 0.1) is 0 Å². The molecule has 0 unspecified atom stereocenters. The molecule has 172 valence electrons. The predicted molar refractivity (Wildman–Crippen MR) is 135 cm³/mol. The first-order valence-electron chi connectivity index (χ1n) is 11.5. The molecule has 3 rings (SSSR count). The van der Waals surface area contributed by atoms with E-state index in [1.54, 1.807) is 19.1 Å². The van der Waals surface area contributed by atoms with E-state index in [1.807, 2.05) is 37.4 Å². The van der Waals surface area contributed by atoms with E-state index in [4.69, 9.17) is 4.74 Å². The van der Waals surface area contributed by atoms with Crippen molar-refractivity contribution in [3.8, 4) is 11.5 Å². The average molecular weight is 444 g/mol. The minimum atomic E-state index is 0.206. The van der Waals surface area contributed by atoms with Crippen molar-refractivity contribution in [1.29, 1.82) is 0 Å². The maximum absolute atomic E-state index is 11.1. The van der Waals surface area contributed by atoms with Gasteiger partial charge in [-0.05, 0) is 72.5 Å². The van der Waals surface area contributed by atoms with E-state index in [9.17, 15) is 9.90 Å². The van der Waals surface area contributed by atoms with Gasteiger partial charge >= 0.3 is 0 Å². The number of carbonyl (C=O) groups excluding carboxylic acids is 1. The van der Waals surface area contributed by atoms with Gasteiger partial charge in [-0.1, -0.05) is 61.5 Å². The molecule has 33 heavy (non-hydrogen) atoms. The molecule has 0 radical (unpaired) electrons. The van der Waals surface area contributed by atoms with Crippen LogP contribution in [0.4, 0.5) is 0 Å². The monoisotopic (exact) mass is 443 g/mol. The normalized spacial score (nSPS) is 11.9. The molecule has 0 saturated carbocycles. The molecule has 0 aliphatic rings. The lowest BCUT2D eigenvalue weighted by molar-refractivity contribution is -0.117. The maximum Gasteiger partial charge on any atom is 0.131 e. The second kappa shape index (κ2) is 12.0. The van der Waals surface area contributed by atoms with Crippen LogP contribution >= 0.6 is 0 Å². The Labute approximate surface area is 197 Å². The van der Waals surface area contributed by atoms with Gasteiger partial charge in [-0.2, -0.15) is 0 Å². The Hall–Kier alpha value is -3.37. The number of hydrogen-bond donors (Lipinski definition) is 1. The van der Waals surface area contributed by atoms with E-state index in [0.29, 0.717) is 13.0 Å². The molecule has 0 bridgehead atoms. The van der Waals surface area contributed by atoms with Gasteiger partial charge in [-0.15, -0.1) is 0 Å². The summed E-state index contributed by atoms with van der Waals surface area (Å²) < 4.78 is 5.94. The number of rotatable bonds is 11. The van der Waals surface area contributed by atoms with Crippen LogP contribution < -0.4 is 4.74 Å². The molecule has 0 aromatic heterocycles. The smallest absolute Gasteiger partial charge is 0.131 e. The molecule has 0 fully saturated rings. The molecular weight excluding hydrogens is 410 g/mol. The Morgan fingerprint density at radius 2 is 1.45 bits per heavy atom. The number of carbonyl (C=O) groups is 1. The second-order valence-electron chi connectivity index (χ2n) is 8.25. The molecule has 0 aliphatic carbocycles. The van der Waals surface area contributed by atoms with Crippen molar-refractivity contribution in [2.45, 2.75) is 26.7 Å². The quantitative estimate of drug-likeness (QED) is 0.367. The van der Waals surface area contributed by atoms with E-state index in [2.05, 4.69) is 48.2 Å². The Bertz CT molecular complexity index is 1050. The van der Waals surface area contributed by atoms with E-state index in [0.717, 1.165) is 42.0 Å². The minimum absolute atomic E-state index is 0.206. The average Bonchev–Trinajstić information content (AvgIpc) is 2.83. The second-order valence-corrected chi connectivity index (χ2v) is 8.25. The third kappa shape index (κ3) is 7.06. The molecule has 0 heterocycles. The van der Waals surface area contributed by atoms with Crippen LogP contribution in [-0.2, 0) is 4.79 Å². The third-order valence-corrected chi connectivity index (χ3v) is 5.66. The highest BCUT2D eigenvalue weighted by atomic mass is 16.5. The Morgan fingerprint density at radius 1 is 0.848 bits per heavy atom. The number of aromatic hydroxyl groups is 1. The van der Waals surface area contributed by atoms with Crippen molar-refractivity contribution in [2.24, 2.45) is 0 Å². The highest BCUT2D eigenvalue weighted by Gasteiger charge is 2.13. The molecule has 0 spiro atoms. The van der Waals surface area contributed by atoms with E-state index < -0.39 is 0 Å². The van der Waals surface area contributed by atoms with Crippen molar-refractivity contribution >= 4 is 16.9 Å². The molecule has 3 aromatic rings. The SMILES string of the molecule is CC/C(=C(\c1ccc(O)cc1)c1ccc(OCCN(C)CCC(C)=O)cc1)c1ccccc1. The molecule has 1 N–H and O–H groups in total. The molecule has 4 heteroatoms. The first kappa shape index (κ1) is 24.3. The fraction of sp³-hybridized carbons (Fsp3) is 0.276. The molecular formula is C29H33NO3. The fourth-order valence-corrected chi connectivity index (χ4v) is 3.81. The van der Waals surface area contributed by atoms with Gasteiger partial charge in [0.05, 0.1) is 0 Å². The zero-order valence-corrected chi connectivity index (χ0v) is 19.8. The van der Waals surface area contributed by atoms with Crippen LogP contribution in [0.5, 0.6) is 11.5 Å². The summed E-state index contributed by atoms with van der Waals surface area (Å²) in [5, 5.41) is 9.79. The number of ketones is 1. The number of Topliss-reactive ketones (excluding diaryl/α,β-unsaturated/α-hetero) is 1. The summed E-state index contributed by atoms with van der Waals surface area (Å²) in [6.45, 7) is 5.87. The molecule has 0 aliphatic heterocycles. The number of hydrogen-bond acceptors (Lipinski definition) is 4. The molecule has 4 nitrogen and oxygen atoms in total. The van der Waals surface area contributed by atoms with Gasteiger partial charge in [0.1, 0.15) is 23.9 Å². The third-order valence-electron chi connectivity index (χ3n) is 5.66. The number of benzene rings is 3. The van der Waals surface area contributed by atoms with Crippen LogP contribution in [-0.4, -0.2) is 42.5 Å². The number of likely N-dealkylation sites (N-methyl/N-ethyl adjacent to an activating group) is 1. The van der Waals surface area contributed by atoms with Crippen LogP contribution in [0.1, 0.15) is 43.4 Å². The van der Waals surface area contributed by atoms with Crippen molar-refractivity contribution in [3.63, 3.8) is 0 Å². The van der Waals surface area contributed by atoms with Gasteiger partial charge in [0.15, 0.2) is 0 Å². The van der Waals surface area contributed by atoms with Gasteiger partial charge in [0.25, 0.3) is 0 Å². The van der Waals surface area contributed by atoms with Crippen molar-refractivity contribution in [1.82, 2.24) is 4.90 Å². The first-order valence-corrected chi connectivity index (χ1v) is 11.5. The summed E-state index contributed by atoms with van der Waals surface area (Å²) >= 11 is 0. The number of ether oxygens (including phenoxy) is 1. The molecule has 0 amide bonds. The first-order chi connectivity index (χ1) is 16.0. The number of nitrogens with zero attached hydrogens (tertiary/aromatic N) is 1. The van der Waals surface area contributed by atoms with Gasteiger partial charge in [-0.3, -0.25) is 4.79 Å². The summed E-state index contributed by atoms with van der Waals surface area (Å²) in [5.41, 5.74) is 5.76. The Balaban J connectivity index is 1.83. The summed E-state index contributed by atoms with van der Waals surface area (Å²) in [7, 11) is 2.00. The number of allylic oxidation sites excluding steroid dienone is 1. The summed E-state index contributed by atoms with van der Waals surface area (Å²) in [6, 6.07) is 26.0. The lowest BCUT2D eigenvalue weighted by Crippen LogP contribution is -2.26. The van der Waals surface area contributed by atoms with Gasteiger partial charge in [0.2, 0.25) is 0 Å². The lowest BCUT2D eigenvalue weighted by atomic mass is 9.88. The predicted octanol–water partition coefficient (Wildman–Crippen LogP) is 6.05. The zero-order chi connectivity index (χ0) is 23.6. The lowest BCUT2D eigenvalue weighted by Gasteiger charge is -2.18. The van der Waals surface area contributed by atoms with Crippen molar-refractivity contribution < 1.29 is 14.6 Å². The van der Waals surface area contributed by atoms with Gasteiger partial charge < -0.3 is 14.7 Å². The number of phenolic OH excluding ortho intramolecular Hbond substituents is 1. The van der Waals surface area contributed by atoms with E-state index >= 15 is 0 Å². The minimum Gasteiger partial charge on any atom is -0.508 e. The highest BCUT2D eigenvalue weighted by Crippen LogP contribution is 2.35. The summed E-state index contributed by atoms with van der Waals surface area (Å²) in [6.07, 6.45) is 1.45. The van der Waals surface area contributed by atoms with E-state index in [-0.39, 0.29) is 11.5 Å². The van der Waals surface area contributed by atoms with Crippen molar-refractivity contribution in [2.75, 3.05) is 26.7 Å². The summed E-state index contributed by atoms with van der Waals surface area (Å²) in [4.78, 5) is 13.2. The van der Waals surface area contributed by atoms with Crippen LogP contribution in [0.25, 0.3) is 11.1 Å². The highest BCUT2D eigenvalue weighted by molar-refractivity contribution is 5.98. The standard InChI is InChI=1S/C29H33NO3/c1-4-28(23-8-6-5-7-9-23)29(24-10-14-26(32)15-11-24)25-12-16-27(17-13-25)33-21-20-30(3)19-18-22(2)31/h5-17,32H,4,18-21H2,1-3H3/b29-28-. The van der Waals surface area contributed by atoms with E-state index in [1.165, 1.54) is 11.1 Å². The molecule has 3 aromatic carbocycles. The van der Waals surface area contributed by atoms with Crippen LogP contribution in [0.15, 0.2) is 78.9 Å². The zero-order valence-electron chi connectivity index (χ0n) is 19.8. The molecule has 0 atom stereocenters. The van der Waals surface area contributed by atoms with Gasteiger partial charge in [-0.25, -0.2) is 0 Å². The van der Waals surface area contributed by atoms with Gasteiger partial charge in [0, 0.05) is 19.5 Å². The number of phenols is 1.